The van der Waals surface area contributed by atoms with Crippen LogP contribution >= 0.6 is 11.8 Å². The number of hydrogen-bond acceptors (Lipinski definition) is 5. The summed E-state index contributed by atoms with van der Waals surface area (Å²) in [6.45, 7) is 2.68. The van der Waals surface area contributed by atoms with Crippen molar-refractivity contribution in [3.8, 4) is 5.75 Å². The highest BCUT2D eigenvalue weighted by molar-refractivity contribution is 7.98. The number of amides is 1. The molecular formula is C18H20N2O4S. The lowest BCUT2D eigenvalue weighted by Crippen LogP contribution is -2.30. The Morgan fingerprint density at radius 3 is 2.44 bits per heavy atom. The molecule has 0 aliphatic rings. The Morgan fingerprint density at radius 1 is 1.24 bits per heavy atom. The maximum Gasteiger partial charge on any atom is 0.282 e. The fourth-order valence-corrected chi connectivity index (χ4v) is 2.86. The summed E-state index contributed by atoms with van der Waals surface area (Å²) in [5.41, 5.74) is 0.878. The van der Waals surface area contributed by atoms with E-state index in [1.165, 1.54) is 17.8 Å². The summed E-state index contributed by atoms with van der Waals surface area (Å²) < 4.78 is 5.13. The summed E-state index contributed by atoms with van der Waals surface area (Å²) in [5, 5.41) is 11.3. The maximum absolute atomic E-state index is 12.9. The fraction of sp³-hybridized carbons (Fsp3) is 0.278. The van der Waals surface area contributed by atoms with Gasteiger partial charge in [0.1, 0.15) is 11.3 Å². The maximum atomic E-state index is 12.9. The molecule has 0 saturated heterocycles. The van der Waals surface area contributed by atoms with Gasteiger partial charge in [-0.1, -0.05) is 12.1 Å². The number of carbonyl (C=O) groups excluding carboxylic acids is 1. The molecule has 0 radical (unpaired) electrons. The predicted molar refractivity (Wildman–Crippen MR) is 98.3 cm³/mol. The van der Waals surface area contributed by atoms with Gasteiger partial charge in [-0.05, 0) is 43.0 Å². The molecule has 1 amide bonds. The number of methoxy groups -OCH3 is 1. The van der Waals surface area contributed by atoms with E-state index < -0.39 is 4.92 Å². The Balaban J connectivity index is 2.30. The highest BCUT2D eigenvalue weighted by atomic mass is 32.2. The first kappa shape index (κ1) is 18.8. The number of benzene rings is 2. The van der Waals surface area contributed by atoms with Gasteiger partial charge in [-0.3, -0.25) is 14.9 Å². The number of nitrogens with zero attached hydrogens (tertiary/aromatic N) is 2. The molecular weight excluding hydrogens is 340 g/mol. The third-order valence-electron chi connectivity index (χ3n) is 3.83. The van der Waals surface area contributed by atoms with Crippen molar-refractivity contribution in [3.63, 3.8) is 0 Å². The first-order chi connectivity index (χ1) is 12.0. The molecule has 0 atom stereocenters. The molecule has 0 heterocycles. The van der Waals surface area contributed by atoms with Crippen LogP contribution in [0.4, 0.5) is 5.69 Å². The summed E-state index contributed by atoms with van der Waals surface area (Å²) in [6.07, 6.45) is 1.87. The lowest BCUT2D eigenvalue weighted by atomic mass is 10.1. The molecule has 0 aliphatic carbocycles. The van der Waals surface area contributed by atoms with Crippen molar-refractivity contribution in [2.24, 2.45) is 0 Å². The summed E-state index contributed by atoms with van der Waals surface area (Å²) in [4.78, 5) is 26.1. The van der Waals surface area contributed by atoms with Gasteiger partial charge in [0.25, 0.3) is 11.6 Å². The molecule has 0 aromatic heterocycles. The Labute approximate surface area is 150 Å². The first-order valence-corrected chi connectivity index (χ1v) is 8.97. The minimum absolute atomic E-state index is 0.118. The van der Waals surface area contributed by atoms with Crippen LogP contribution < -0.4 is 4.74 Å². The molecule has 6 nitrogen and oxygen atoms in total. The highest BCUT2D eigenvalue weighted by Gasteiger charge is 2.24. The average Bonchev–Trinajstić information content (AvgIpc) is 2.65. The number of thioether (sulfide) groups is 1. The van der Waals surface area contributed by atoms with Crippen molar-refractivity contribution in [2.75, 3.05) is 19.9 Å². The first-order valence-electron chi connectivity index (χ1n) is 7.74. The van der Waals surface area contributed by atoms with Crippen molar-refractivity contribution >= 4 is 23.4 Å². The zero-order valence-electron chi connectivity index (χ0n) is 14.4. The van der Waals surface area contributed by atoms with Gasteiger partial charge in [-0.2, -0.15) is 0 Å². The van der Waals surface area contributed by atoms with E-state index in [9.17, 15) is 14.9 Å². The molecule has 2 aromatic rings. The van der Waals surface area contributed by atoms with Crippen LogP contribution in [0.5, 0.6) is 5.75 Å². The number of ether oxygens (including phenoxy) is 1. The van der Waals surface area contributed by atoms with Gasteiger partial charge in [0, 0.05) is 24.1 Å². The van der Waals surface area contributed by atoms with Crippen molar-refractivity contribution in [1.82, 2.24) is 4.90 Å². The van der Waals surface area contributed by atoms with Gasteiger partial charge in [-0.15, -0.1) is 11.8 Å². The van der Waals surface area contributed by atoms with Crippen LogP contribution in [0.25, 0.3) is 0 Å². The zero-order valence-corrected chi connectivity index (χ0v) is 15.2. The van der Waals surface area contributed by atoms with E-state index in [1.54, 1.807) is 24.1 Å². The van der Waals surface area contributed by atoms with E-state index in [1.807, 2.05) is 37.4 Å². The molecule has 2 aromatic carbocycles. The molecule has 0 saturated carbocycles. The second-order valence-electron chi connectivity index (χ2n) is 5.31. The highest BCUT2D eigenvalue weighted by Crippen LogP contribution is 2.26. The number of carbonyl (C=O) groups is 1. The monoisotopic (exact) mass is 360 g/mol. The van der Waals surface area contributed by atoms with Crippen LogP contribution in [-0.4, -0.2) is 35.6 Å². The molecule has 0 N–H and O–H groups in total. The van der Waals surface area contributed by atoms with Crippen molar-refractivity contribution in [3.05, 3.63) is 63.7 Å². The average molecular weight is 360 g/mol. The van der Waals surface area contributed by atoms with Crippen molar-refractivity contribution in [2.45, 2.75) is 18.4 Å². The topological polar surface area (TPSA) is 72.7 Å². The number of nitro groups is 1. The normalized spacial score (nSPS) is 10.4. The van der Waals surface area contributed by atoms with E-state index in [-0.39, 0.29) is 17.2 Å². The number of nitro benzene ring substituents is 1. The molecule has 0 fully saturated rings. The molecule has 25 heavy (non-hydrogen) atoms. The second kappa shape index (κ2) is 8.53. The van der Waals surface area contributed by atoms with E-state index in [0.29, 0.717) is 13.1 Å². The second-order valence-corrected chi connectivity index (χ2v) is 6.19. The molecule has 2 rings (SSSR count). The molecule has 7 heteroatoms. The van der Waals surface area contributed by atoms with Gasteiger partial charge in [0.15, 0.2) is 0 Å². The number of rotatable bonds is 7. The standard InChI is InChI=1S/C18H20N2O4S/c1-4-19(12-13-5-7-14(24-2)8-6-13)18(21)16-11-15(25-3)9-10-17(16)20(22)23/h5-11H,4,12H2,1-3H3. The summed E-state index contributed by atoms with van der Waals surface area (Å²) in [5.74, 6) is 0.391. The molecule has 0 spiro atoms. The predicted octanol–water partition coefficient (Wildman–Crippen LogP) is 3.99. The Morgan fingerprint density at radius 2 is 1.92 bits per heavy atom. The smallest absolute Gasteiger partial charge is 0.282 e. The van der Waals surface area contributed by atoms with Gasteiger partial charge < -0.3 is 9.64 Å². The van der Waals surface area contributed by atoms with Gasteiger partial charge in [0.2, 0.25) is 0 Å². The Hall–Kier alpha value is -2.54. The summed E-state index contributed by atoms with van der Waals surface area (Å²) >= 11 is 1.44. The zero-order chi connectivity index (χ0) is 18.4. The summed E-state index contributed by atoms with van der Waals surface area (Å²) in [6, 6.07) is 12.0. The Bertz CT molecular complexity index is 762. The van der Waals surface area contributed by atoms with Crippen molar-refractivity contribution in [1.29, 1.82) is 0 Å². The van der Waals surface area contributed by atoms with E-state index >= 15 is 0 Å². The van der Waals surface area contributed by atoms with Crippen LogP contribution in [0.3, 0.4) is 0 Å². The molecule has 132 valence electrons. The Kier molecular flexibility index (Phi) is 6.41. The summed E-state index contributed by atoms with van der Waals surface area (Å²) in [7, 11) is 1.59. The minimum Gasteiger partial charge on any atom is -0.497 e. The van der Waals surface area contributed by atoms with Gasteiger partial charge in [-0.25, -0.2) is 0 Å². The van der Waals surface area contributed by atoms with Crippen LogP contribution in [0.2, 0.25) is 0 Å². The van der Waals surface area contributed by atoms with Crippen LogP contribution in [-0.2, 0) is 6.54 Å². The number of hydrogen-bond donors (Lipinski definition) is 0. The van der Waals surface area contributed by atoms with Gasteiger partial charge in [0.05, 0.1) is 12.0 Å². The molecule has 0 aliphatic heterocycles. The molecule has 0 bridgehead atoms. The van der Waals surface area contributed by atoms with E-state index in [4.69, 9.17) is 4.74 Å². The minimum atomic E-state index is -0.515. The SMILES string of the molecule is CCN(Cc1ccc(OC)cc1)C(=O)c1cc(SC)ccc1[N+](=O)[O-]. The lowest BCUT2D eigenvalue weighted by Gasteiger charge is -2.21. The van der Waals surface area contributed by atoms with Crippen LogP contribution in [0.1, 0.15) is 22.8 Å². The van der Waals surface area contributed by atoms with Gasteiger partial charge >= 0.3 is 0 Å². The van der Waals surface area contributed by atoms with E-state index in [0.717, 1.165) is 16.2 Å². The van der Waals surface area contributed by atoms with Crippen LogP contribution in [0.15, 0.2) is 47.4 Å². The van der Waals surface area contributed by atoms with Crippen LogP contribution in [0, 0.1) is 10.1 Å². The molecule has 0 unspecified atom stereocenters. The quantitative estimate of drug-likeness (QED) is 0.424. The third kappa shape index (κ3) is 4.51. The largest absolute Gasteiger partial charge is 0.497 e. The lowest BCUT2D eigenvalue weighted by molar-refractivity contribution is -0.385. The third-order valence-corrected chi connectivity index (χ3v) is 4.56. The van der Waals surface area contributed by atoms with Crippen molar-refractivity contribution < 1.29 is 14.5 Å². The fourth-order valence-electron chi connectivity index (χ4n) is 2.42. The van der Waals surface area contributed by atoms with E-state index in [2.05, 4.69) is 0 Å².